The highest BCUT2D eigenvalue weighted by Gasteiger charge is 2.25. The van der Waals surface area contributed by atoms with Crippen molar-refractivity contribution in [1.82, 2.24) is 5.32 Å². The van der Waals surface area contributed by atoms with Crippen LogP contribution in [0.5, 0.6) is 5.75 Å². The molecule has 0 bridgehead atoms. The number of rotatable bonds is 2. The van der Waals surface area contributed by atoms with Gasteiger partial charge in [0.25, 0.3) is 0 Å². The van der Waals surface area contributed by atoms with Gasteiger partial charge < -0.3 is 10.1 Å². The van der Waals surface area contributed by atoms with E-state index >= 15 is 0 Å². The molecule has 0 aromatic heterocycles. The SMILES string of the molecule is COc1ccc2c(c1C1CCNC1)CCCC2. The van der Waals surface area contributed by atoms with Gasteiger partial charge in [0.1, 0.15) is 5.75 Å². The van der Waals surface area contributed by atoms with Crippen LogP contribution in [0.25, 0.3) is 0 Å². The van der Waals surface area contributed by atoms with E-state index < -0.39 is 0 Å². The molecule has 2 heteroatoms. The highest BCUT2D eigenvalue weighted by molar-refractivity contribution is 5.49. The van der Waals surface area contributed by atoms with E-state index in [2.05, 4.69) is 17.4 Å². The molecule has 3 rings (SSSR count). The first kappa shape index (κ1) is 11.1. The molecule has 1 aliphatic carbocycles. The van der Waals surface area contributed by atoms with Crippen LogP contribution in [0.4, 0.5) is 0 Å². The van der Waals surface area contributed by atoms with Gasteiger partial charge in [-0.05, 0) is 55.8 Å². The molecule has 0 radical (unpaired) electrons. The summed E-state index contributed by atoms with van der Waals surface area (Å²) in [5.41, 5.74) is 4.68. The summed E-state index contributed by atoms with van der Waals surface area (Å²) in [6.07, 6.45) is 6.45. The summed E-state index contributed by atoms with van der Waals surface area (Å²) in [7, 11) is 1.80. The monoisotopic (exact) mass is 231 g/mol. The largest absolute Gasteiger partial charge is 0.496 e. The summed E-state index contributed by atoms with van der Waals surface area (Å²) >= 11 is 0. The Morgan fingerprint density at radius 1 is 1.24 bits per heavy atom. The zero-order valence-electron chi connectivity index (χ0n) is 10.6. The Balaban J connectivity index is 2.07. The van der Waals surface area contributed by atoms with Crippen LogP contribution in [-0.4, -0.2) is 20.2 Å². The number of aryl methyl sites for hydroxylation is 1. The first-order valence-electron chi connectivity index (χ1n) is 6.79. The van der Waals surface area contributed by atoms with Crippen LogP contribution < -0.4 is 10.1 Å². The molecule has 0 amide bonds. The maximum atomic E-state index is 5.60. The molecule has 17 heavy (non-hydrogen) atoms. The molecule has 1 aliphatic heterocycles. The number of fused-ring (bicyclic) bond motifs is 1. The molecule has 2 nitrogen and oxygen atoms in total. The van der Waals surface area contributed by atoms with Gasteiger partial charge in [-0.2, -0.15) is 0 Å². The Morgan fingerprint density at radius 2 is 2.12 bits per heavy atom. The summed E-state index contributed by atoms with van der Waals surface area (Å²) in [4.78, 5) is 0. The van der Waals surface area contributed by atoms with Crippen molar-refractivity contribution in [3.05, 3.63) is 28.8 Å². The van der Waals surface area contributed by atoms with Gasteiger partial charge in [0.05, 0.1) is 7.11 Å². The second kappa shape index (κ2) is 4.69. The minimum Gasteiger partial charge on any atom is -0.496 e. The lowest BCUT2D eigenvalue weighted by atomic mass is 9.83. The molecule has 0 spiro atoms. The van der Waals surface area contributed by atoms with Gasteiger partial charge in [0.2, 0.25) is 0 Å². The lowest BCUT2D eigenvalue weighted by molar-refractivity contribution is 0.404. The predicted molar refractivity (Wildman–Crippen MR) is 69.9 cm³/mol. The lowest BCUT2D eigenvalue weighted by Gasteiger charge is -2.24. The first-order chi connectivity index (χ1) is 8.40. The van der Waals surface area contributed by atoms with Crippen LogP contribution in [0.2, 0.25) is 0 Å². The van der Waals surface area contributed by atoms with Crippen molar-refractivity contribution in [2.45, 2.75) is 38.0 Å². The van der Waals surface area contributed by atoms with E-state index in [-0.39, 0.29) is 0 Å². The summed E-state index contributed by atoms with van der Waals surface area (Å²) in [5, 5.41) is 3.47. The lowest BCUT2D eigenvalue weighted by Crippen LogP contribution is -2.14. The molecule has 1 saturated heterocycles. The minimum atomic E-state index is 0.665. The Labute approximate surface area is 103 Å². The number of nitrogens with one attached hydrogen (secondary N) is 1. The molecular weight excluding hydrogens is 210 g/mol. The van der Waals surface area contributed by atoms with E-state index in [1.807, 2.05) is 0 Å². The molecule has 1 N–H and O–H groups in total. The summed E-state index contributed by atoms with van der Waals surface area (Å²) in [6, 6.07) is 4.46. The van der Waals surface area contributed by atoms with Crippen molar-refractivity contribution >= 4 is 0 Å². The molecule has 1 aromatic rings. The van der Waals surface area contributed by atoms with Crippen LogP contribution in [0.15, 0.2) is 12.1 Å². The Hall–Kier alpha value is -1.02. The van der Waals surface area contributed by atoms with Gasteiger partial charge in [-0.3, -0.25) is 0 Å². The van der Waals surface area contributed by atoms with Crippen molar-refractivity contribution in [1.29, 1.82) is 0 Å². The second-order valence-corrected chi connectivity index (χ2v) is 5.22. The molecule has 1 heterocycles. The third-order valence-electron chi connectivity index (χ3n) is 4.23. The molecule has 2 aliphatic rings. The van der Waals surface area contributed by atoms with Crippen molar-refractivity contribution in [3.63, 3.8) is 0 Å². The van der Waals surface area contributed by atoms with E-state index in [0.717, 1.165) is 18.8 Å². The van der Waals surface area contributed by atoms with Crippen LogP contribution in [0, 0.1) is 0 Å². The maximum Gasteiger partial charge on any atom is 0.122 e. The number of methoxy groups -OCH3 is 1. The van der Waals surface area contributed by atoms with E-state index in [0.29, 0.717) is 5.92 Å². The van der Waals surface area contributed by atoms with Crippen molar-refractivity contribution in [2.75, 3.05) is 20.2 Å². The third kappa shape index (κ3) is 1.95. The zero-order chi connectivity index (χ0) is 11.7. The van der Waals surface area contributed by atoms with Crippen LogP contribution >= 0.6 is 0 Å². The van der Waals surface area contributed by atoms with E-state index in [9.17, 15) is 0 Å². The fourth-order valence-electron chi connectivity index (χ4n) is 3.36. The number of ether oxygens (including phenoxy) is 1. The number of hydrogen-bond acceptors (Lipinski definition) is 2. The quantitative estimate of drug-likeness (QED) is 0.845. The average molecular weight is 231 g/mol. The Kier molecular flexibility index (Phi) is 3.06. The van der Waals surface area contributed by atoms with Gasteiger partial charge in [-0.15, -0.1) is 0 Å². The fourth-order valence-corrected chi connectivity index (χ4v) is 3.36. The van der Waals surface area contributed by atoms with Crippen molar-refractivity contribution in [2.24, 2.45) is 0 Å². The van der Waals surface area contributed by atoms with Gasteiger partial charge in [-0.1, -0.05) is 6.07 Å². The smallest absolute Gasteiger partial charge is 0.122 e. The topological polar surface area (TPSA) is 21.3 Å². The van der Waals surface area contributed by atoms with Gasteiger partial charge in [-0.25, -0.2) is 0 Å². The molecule has 92 valence electrons. The van der Waals surface area contributed by atoms with E-state index in [1.54, 1.807) is 18.2 Å². The molecular formula is C15H21NO. The standard InChI is InChI=1S/C15H21NO/c1-17-14-7-6-11-4-2-3-5-13(11)15(14)12-8-9-16-10-12/h6-7,12,16H,2-5,8-10H2,1H3. The Bertz CT molecular complexity index is 408. The first-order valence-corrected chi connectivity index (χ1v) is 6.79. The molecule has 1 fully saturated rings. The highest BCUT2D eigenvalue weighted by atomic mass is 16.5. The Morgan fingerprint density at radius 3 is 2.88 bits per heavy atom. The van der Waals surface area contributed by atoms with Crippen LogP contribution in [0.3, 0.4) is 0 Å². The normalized spacial score (nSPS) is 23.5. The zero-order valence-corrected chi connectivity index (χ0v) is 10.6. The average Bonchev–Trinajstić information content (AvgIpc) is 2.91. The summed E-state index contributed by atoms with van der Waals surface area (Å²) < 4.78 is 5.60. The van der Waals surface area contributed by atoms with Gasteiger partial charge >= 0.3 is 0 Å². The van der Waals surface area contributed by atoms with Gasteiger partial charge in [0, 0.05) is 18.0 Å². The van der Waals surface area contributed by atoms with Crippen LogP contribution in [0.1, 0.15) is 41.9 Å². The summed E-state index contributed by atoms with van der Waals surface area (Å²) in [6.45, 7) is 2.27. The van der Waals surface area contributed by atoms with E-state index in [4.69, 9.17) is 4.74 Å². The molecule has 0 saturated carbocycles. The minimum absolute atomic E-state index is 0.665. The van der Waals surface area contributed by atoms with E-state index in [1.165, 1.54) is 37.7 Å². The highest BCUT2D eigenvalue weighted by Crippen LogP contribution is 2.38. The maximum absolute atomic E-state index is 5.60. The molecule has 1 unspecified atom stereocenters. The van der Waals surface area contributed by atoms with Gasteiger partial charge in [0.15, 0.2) is 0 Å². The third-order valence-corrected chi connectivity index (χ3v) is 4.23. The second-order valence-electron chi connectivity index (χ2n) is 5.22. The number of benzene rings is 1. The molecule has 1 atom stereocenters. The molecule has 1 aromatic carbocycles. The predicted octanol–water partition coefficient (Wildman–Crippen LogP) is 2.65. The summed E-state index contributed by atoms with van der Waals surface area (Å²) in [5.74, 6) is 1.78. The van der Waals surface area contributed by atoms with Crippen molar-refractivity contribution in [3.8, 4) is 5.75 Å². The number of hydrogen-bond donors (Lipinski definition) is 1. The fraction of sp³-hybridized carbons (Fsp3) is 0.600. The van der Waals surface area contributed by atoms with Crippen LogP contribution in [-0.2, 0) is 12.8 Å². The van der Waals surface area contributed by atoms with Crippen molar-refractivity contribution < 1.29 is 4.74 Å².